The van der Waals surface area contributed by atoms with Crippen molar-refractivity contribution < 1.29 is 13.9 Å². The van der Waals surface area contributed by atoms with Crippen LogP contribution >= 0.6 is 0 Å². The van der Waals surface area contributed by atoms with E-state index in [9.17, 15) is 4.39 Å². The van der Waals surface area contributed by atoms with E-state index in [0.29, 0.717) is 19.6 Å². The van der Waals surface area contributed by atoms with Crippen molar-refractivity contribution in [3.05, 3.63) is 29.6 Å². The zero-order chi connectivity index (χ0) is 12.7. The summed E-state index contributed by atoms with van der Waals surface area (Å²) in [6, 6.07) is 4.86. The Morgan fingerprint density at radius 2 is 2.24 bits per heavy atom. The standard InChI is InChI=1S/C12H19FN2O2/c1-3-17-8-10(15-14)6-9-4-5-12(16-2)11(13)7-9/h4-5,7,10,15H,3,6,8,14H2,1-2H3. The van der Waals surface area contributed by atoms with Crippen LogP contribution in [-0.4, -0.2) is 26.4 Å². The van der Waals surface area contributed by atoms with Crippen molar-refractivity contribution in [1.82, 2.24) is 5.43 Å². The molecule has 0 saturated heterocycles. The molecule has 1 aromatic carbocycles. The molecule has 0 aromatic heterocycles. The second-order valence-electron chi connectivity index (χ2n) is 3.70. The highest BCUT2D eigenvalue weighted by Crippen LogP contribution is 2.18. The van der Waals surface area contributed by atoms with Crippen molar-refractivity contribution >= 4 is 0 Å². The van der Waals surface area contributed by atoms with Gasteiger partial charge in [-0.15, -0.1) is 0 Å². The number of rotatable bonds is 7. The summed E-state index contributed by atoms with van der Waals surface area (Å²) in [6.45, 7) is 3.05. The van der Waals surface area contributed by atoms with Crippen LogP contribution in [0.5, 0.6) is 5.75 Å². The zero-order valence-corrected chi connectivity index (χ0v) is 10.2. The molecular weight excluding hydrogens is 223 g/mol. The molecule has 17 heavy (non-hydrogen) atoms. The summed E-state index contributed by atoms with van der Waals surface area (Å²) in [5.41, 5.74) is 3.51. The van der Waals surface area contributed by atoms with Gasteiger partial charge in [-0.1, -0.05) is 6.07 Å². The van der Waals surface area contributed by atoms with Gasteiger partial charge in [0.1, 0.15) is 0 Å². The molecule has 0 aliphatic rings. The summed E-state index contributed by atoms with van der Waals surface area (Å²) in [6.07, 6.45) is 0.609. The lowest BCUT2D eigenvalue weighted by molar-refractivity contribution is 0.123. The first-order valence-corrected chi connectivity index (χ1v) is 5.57. The van der Waals surface area contributed by atoms with Gasteiger partial charge in [0.2, 0.25) is 0 Å². The lowest BCUT2D eigenvalue weighted by Crippen LogP contribution is -2.40. The Labute approximate surface area is 101 Å². The highest BCUT2D eigenvalue weighted by atomic mass is 19.1. The van der Waals surface area contributed by atoms with E-state index in [1.165, 1.54) is 13.2 Å². The van der Waals surface area contributed by atoms with Crippen LogP contribution in [0.25, 0.3) is 0 Å². The molecule has 96 valence electrons. The van der Waals surface area contributed by atoms with Crippen LogP contribution in [0, 0.1) is 5.82 Å². The first kappa shape index (κ1) is 13.9. The van der Waals surface area contributed by atoms with Crippen molar-refractivity contribution in [3.8, 4) is 5.75 Å². The first-order valence-electron chi connectivity index (χ1n) is 5.57. The molecule has 0 aliphatic heterocycles. The minimum Gasteiger partial charge on any atom is -0.494 e. The van der Waals surface area contributed by atoms with E-state index in [1.807, 2.05) is 13.0 Å². The molecule has 1 atom stereocenters. The van der Waals surface area contributed by atoms with Crippen molar-refractivity contribution in [2.75, 3.05) is 20.3 Å². The van der Waals surface area contributed by atoms with Crippen LogP contribution in [0.4, 0.5) is 4.39 Å². The summed E-state index contributed by atoms with van der Waals surface area (Å²) in [5, 5.41) is 0. The summed E-state index contributed by atoms with van der Waals surface area (Å²) in [4.78, 5) is 0. The fraction of sp³-hybridized carbons (Fsp3) is 0.500. The quantitative estimate of drug-likeness (QED) is 0.558. The van der Waals surface area contributed by atoms with Gasteiger partial charge in [-0.25, -0.2) is 4.39 Å². The maximum atomic E-state index is 13.4. The third-order valence-corrected chi connectivity index (χ3v) is 2.46. The Morgan fingerprint density at radius 1 is 1.47 bits per heavy atom. The molecule has 0 saturated carbocycles. The Morgan fingerprint density at radius 3 is 2.76 bits per heavy atom. The first-order chi connectivity index (χ1) is 8.21. The Bertz CT molecular complexity index is 347. The van der Waals surface area contributed by atoms with Gasteiger partial charge < -0.3 is 9.47 Å². The molecule has 5 heteroatoms. The highest BCUT2D eigenvalue weighted by molar-refractivity contribution is 5.29. The number of ether oxygens (including phenoxy) is 2. The van der Waals surface area contributed by atoms with Gasteiger partial charge in [-0.3, -0.25) is 11.3 Å². The second-order valence-corrected chi connectivity index (χ2v) is 3.70. The number of benzene rings is 1. The van der Waals surface area contributed by atoms with E-state index < -0.39 is 0 Å². The third kappa shape index (κ3) is 4.30. The predicted molar refractivity (Wildman–Crippen MR) is 64.3 cm³/mol. The molecule has 1 aromatic rings. The summed E-state index contributed by atoms with van der Waals surface area (Å²) in [7, 11) is 1.44. The maximum absolute atomic E-state index is 13.4. The highest BCUT2D eigenvalue weighted by Gasteiger charge is 2.10. The van der Waals surface area contributed by atoms with E-state index in [4.69, 9.17) is 15.3 Å². The number of halogens is 1. The van der Waals surface area contributed by atoms with Gasteiger partial charge in [-0.2, -0.15) is 0 Å². The van der Waals surface area contributed by atoms with Crippen LogP contribution < -0.4 is 16.0 Å². The van der Waals surface area contributed by atoms with Crippen LogP contribution in [-0.2, 0) is 11.2 Å². The molecule has 0 amide bonds. The topological polar surface area (TPSA) is 56.5 Å². The smallest absolute Gasteiger partial charge is 0.165 e. The zero-order valence-electron chi connectivity index (χ0n) is 10.2. The lowest BCUT2D eigenvalue weighted by atomic mass is 10.1. The Balaban J connectivity index is 2.63. The van der Waals surface area contributed by atoms with Gasteiger partial charge in [0.05, 0.1) is 13.7 Å². The van der Waals surface area contributed by atoms with Crippen molar-refractivity contribution in [3.63, 3.8) is 0 Å². The van der Waals surface area contributed by atoms with Gasteiger partial charge >= 0.3 is 0 Å². The molecular formula is C12H19FN2O2. The van der Waals surface area contributed by atoms with E-state index in [2.05, 4.69) is 5.43 Å². The molecule has 0 spiro atoms. The number of hydrogen-bond donors (Lipinski definition) is 2. The van der Waals surface area contributed by atoms with Gasteiger partial charge in [-0.05, 0) is 31.0 Å². The molecule has 0 fully saturated rings. The number of methoxy groups -OCH3 is 1. The fourth-order valence-electron chi connectivity index (χ4n) is 1.55. The van der Waals surface area contributed by atoms with Crippen molar-refractivity contribution in [2.45, 2.75) is 19.4 Å². The lowest BCUT2D eigenvalue weighted by Gasteiger charge is -2.16. The maximum Gasteiger partial charge on any atom is 0.165 e. The Hall–Kier alpha value is -1.17. The minimum absolute atomic E-state index is 0.0252. The van der Waals surface area contributed by atoms with E-state index in [0.717, 1.165) is 5.56 Å². The van der Waals surface area contributed by atoms with Crippen LogP contribution in [0.2, 0.25) is 0 Å². The average molecular weight is 242 g/mol. The normalized spacial score (nSPS) is 12.5. The number of nitrogens with one attached hydrogen (secondary N) is 1. The van der Waals surface area contributed by atoms with E-state index in [1.54, 1.807) is 6.07 Å². The van der Waals surface area contributed by atoms with E-state index in [-0.39, 0.29) is 17.6 Å². The predicted octanol–water partition coefficient (Wildman–Crippen LogP) is 1.25. The summed E-state index contributed by atoms with van der Waals surface area (Å²) < 4.78 is 23.6. The molecule has 0 aliphatic carbocycles. The van der Waals surface area contributed by atoms with Crippen LogP contribution in [0.15, 0.2) is 18.2 Å². The number of hydrogen-bond acceptors (Lipinski definition) is 4. The molecule has 0 radical (unpaired) electrons. The molecule has 0 heterocycles. The van der Waals surface area contributed by atoms with Gasteiger partial charge in [0, 0.05) is 12.6 Å². The van der Waals surface area contributed by atoms with E-state index >= 15 is 0 Å². The molecule has 1 unspecified atom stereocenters. The third-order valence-electron chi connectivity index (χ3n) is 2.46. The fourth-order valence-corrected chi connectivity index (χ4v) is 1.55. The number of hydrazine groups is 1. The Kier molecular flexibility index (Phi) is 5.90. The number of nitrogens with two attached hydrogens (primary N) is 1. The van der Waals surface area contributed by atoms with Crippen LogP contribution in [0.1, 0.15) is 12.5 Å². The monoisotopic (exact) mass is 242 g/mol. The second kappa shape index (κ2) is 7.21. The largest absolute Gasteiger partial charge is 0.494 e. The molecule has 3 N–H and O–H groups in total. The van der Waals surface area contributed by atoms with Crippen LogP contribution in [0.3, 0.4) is 0 Å². The molecule has 1 rings (SSSR count). The average Bonchev–Trinajstić information content (AvgIpc) is 2.34. The SMILES string of the molecule is CCOCC(Cc1ccc(OC)c(F)c1)NN. The van der Waals surface area contributed by atoms with Gasteiger partial charge in [0.25, 0.3) is 0 Å². The van der Waals surface area contributed by atoms with Gasteiger partial charge in [0.15, 0.2) is 11.6 Å². The van der Waals surface area contributed by atoms with Crippen molar-refractivity contribution in [2.24, 2.45) is 5.84 Å². The molecule has 0 bridgehead atoms. The molecule has 4 nitrogen and oxygen atoms in total. The summed E-state index contributed by atoms with van der Waals surface area (Å²) in [5.74, 6) is 5.29. The summed E-state index contributed by atoms with van der Waals surface area (Å²) >= 11 is 0. The van der Waals surface area contributed by atoms with Crippen molar-refractivity contribution in [1.29, 1.82) is 0 Å². The minimum atomic E-state index is -0.364.